The van der Waals surface area contributed by atoms with Crippen LogP contribution in [0.15, 0.2) is 0 Å². The van der Waals surface area contributed by atoms with E-state index in [9.17, 15) is 3.83 Å². The average Bonchev–Trinajstić information content (AvgIpc) is 2.26. The van der Waals surface area contributed by atoms with Crippen LogP contribution in [0.1, 0.15) is 71.1 Å². The minimum absolute atomic E-state index is 0.298. The molecule has 1 nitrogen and oxygen atoms in total. The van der Waals surface area contributed by atoms with Gasteiger partial charge >= 0.3 is 98.9 Å². The molecular weight excluding hydrogens is 251 g/mol. The zero-order chi connectivity index (χ0) is 11.1. The van der Waals surface area contributed by atoms with Crippen LogP contribution in [0, 0.1) is 0 Å². The monoisotopic (exact) mass is 278 g/mol. The molecule has 0 aromatic rings. The first kappa shape index (κ1) is 13.4. The molecule has 15 heavy (non-hydrogen) atoms. The fraction of sp³-hybridized carbons (Fsp3) is 1.00. The van der Waals surface area contributed by atoms with Crippen molar-refractivity contribution in [3.05, 3.63) is 0 Å². The van der Waals surface area contributed by atoms with Gasteiger partial charge in [0.15, 0.2) is 0 Å². The Morgan fingerprint density at radius 2 is 1.73 bits per heavy atom. The molecule has 2 heteroatoms. The summed E-state index contributed by atoms with van der Waals surface area (Å²) in [6.07, 6.45) is 13.1. The van der Waals surface area contributed by atoms with Crippen LogP contribution in [-0.4, -0.2) is 13.8 Å². The summed E-state index contributed by atoms with van der Waals surface area (Å²) in [7, 11) is 0. The van der Waals surface area contributed by atoms with E-state index in [1.807, 2.05) is 5.82 Å². The molecule has 1 fully saturated rings. The van der Waals surface area contributed by atoms with E-state index in [1.54, 1.807) is 0 Å². The zero-order valence-electron chi connectivity index (χ0n) is 10.4. The first-order chi connectivity index (χ1) is 7.21. The summed E-state index contributed by atoms with van der Waals surface area (Å²) >= 11 is -1.56. The standard InChI is InChI=1S/C13H26OSe/c1-3-4-5-7-10-13(15(2)14)11-8-6-9-12-13/h3-12H2,1-2H3. The van der Waals surface area contributed by atoms with Crippen LogP contribution in [0.2, 0.25) is 10.1 Å². The van der Waals surface area contributed by atoms with Gasteiger partial charge in [-0.1, -0.05) is 0 Å². The first-order valence-electron chi connectivity index (χ1n) is 6.55. The van der Waals surface area contributed by atoms with E-state index in [-0.39, 0.29) is 0 Å². The normalized spacial score (nSPS) is 22.5. The van der Waals surface area contributed by atoms with Gasteiger partial charge in [-0.15, -0.1) is 0 Å². The summed E-state index contributed by atoms with van der Waals surface area (Å²) in [5.74, 6) is 2.02. The van der Waals surface area contributed by atoms with Crippen molar-refractivity contribution in [3.63, 3.8) is 0 Å². The predicted octanol–water partition coefficient (Wildman–Crippen LogP) is 4.71. The van der Waals surface area contributed by atoms with E-state index in [4.69, 9.17) is 0 Å². The molecule has 0 spiro atoms. The molecule has 1 rings (SSSR count). The SMILES string of the molecule is CCCCCCC1([Se](C)=O)CCCCC1. The van der Waals surface area contributed by atoms with Crippen molar-refractivity contribution in [1.82, 2.24) is 0 Å². The van der Waals surface area contributed by atoms with Crippen molar-refractivity contribution in [1.29, 1.82) is 0 Å². The minimum atomic E-state index is -1.56. The molecule has 0 bridgehead atoms. The molecule has 1 atom stereocenters. The summed E-state index contributed by atoms with van der Waals surface area (Å²) < 4.78 is 12.3. The second kappa shape index (κ2) is 6.81. The Kier molecular flexibility index (Phi) is 6.07. The van der Waals surface area contributed by atoms with E-state index in [0.717, 1.165) is 0 Å². The maximum atomic E-state index is 12.0. The molecule has 1 unspecified atom stereocenters. The molecule has 0 aliphatic heterocycles. The van der Waals surface area contributed by atoms with Gasteiger partial charge in [0.2, 0.25) is 0 Å². The summed E-state index contributed by atoms with van der Waals surface area (Å²) in [5, 5.41) is 0. The Labute approximate surface area is 99.1 Å². The van der Waals surface area contributed by atoms with E-state index in [1.165, 1.54) is 64.2 Å². The first-order valence-corrected chi connectivity index (χ1v) is 9.82. The topological polar surface area (TPSA) is 17.1 Å². The molecule has 0 aromatic heterocycles. The molecule has 1 aliphatic carbocycles. The van der Waals surface area contributed by atoms with Gasteiger partial charge < -0.3 is 0 Å². The maximum absolute atomic E-state index is 12.0. The number of unbranched alkanes of at least 4 members (excludes halogenated alkanes) is 3. The quantitative estimate of drug-likeness (QED) is 0.507. The molecule has 0 heterocycles. The van der Waals surface area contributed by atoms with Crippen molar-refractivity contribution in [2.45, 2.75) is 81.3 Å². The molecule has 1 aliphatic rings. The van der Waals surface area contributed by atoms with Gasteiger partial charge in [-0.25, -0.2) is 0 Å². The van der Waals surface area contributed by atoms with Gasteiger partial charge in [0, 0.05) is 0 Å². The van der Waals surface area contributed by atoms with Crippen molar-refractivity contribution in [3.8, 4) is 0 Å². The van der Waals surface area contributed by atoms with Crippen LogP contribution < -0.4 is 0 Å². The number of rotatable bonds is 6. The molecule has 0 aromatic carbocycles. The molecule has 0 saturated heterocycles. The fourth-order valence-corrected chi connectivity index (χ4v) is 5.47. The Balaban J connectivity index is 2.39. The van der Waals surface area contributed by atoms with Crippen LogP contribution in [0.3, 0.4) is 0 Å². The fourth-order valence-electron chi connectivity index (χ4n) is 2.75. The van der Waals surface area contributed by atoms with Crippen LogP contribution in [0.25, 0.3) is 0 Å². The predicted molar refractivity (Wildman–Crippen MR) is 66.8 cm³/mol. The van der Waals surface area contributed by atoms with Crippen LogP contribution in [0.4, 0.5) is 0 Å². The van der Waals surface area contributed by atoms with Gasteiger partial charge in [-0.05, 0) is 0 Å². The Morgan fingerprint density at radius 3 is 2.27 bits per heavy atom. The summed E-state index contributed by atoms with van der Waals surface area (Å²) in [5.41, 5.74) is 0. The third kappa shape index (κ3) is 4.00. The summed E-state index contributed by atoms with van der Waals surface area (Å²) in [4.78, 5) is 0. The van der Waals surface area contributed by atoms with Crippen LogP contribution in [-0.2, 0) is 3.83 Å². The van der Waals surface area contributed by atoms with E-state index in [0.29, 0.717) is 4.31 Å². The molecule has 0 radical (unpaired) electrons. The zero-order valence-corrected chi connectivity index (χ0v) is 12.1. The Hall–Kier alpha value is 0.319. The second-order valence-corrected chi connectivity index (χ2v) is 8.73. The number of hydrogen-bond acceptors (Lipinski definition) is 1. The Morgan fingerprint density at radius 1 is 1.07 bits per heavy atom. The van der Waals surface area contributed by atoms with Gasteiger partial charge in [-0.3, -0.25) is 0 Å². The van der Waals surface area contributed by atoms with E-state index < -0.39 is 13.8 Å². The van der Waals surface area contributed by atoms with Gasteiger partial charge in [0.05, 0.1) is 0 Å². The number of hydrogen-bond donors (Lipinski definition) is 0. The van der Waals surface area contributed by atoms with Crippen LogP contribution >= 0.6 is 0 Å². The van der Waals surface area contributed by atoms with Gasteiger partial charge in [0.25, 0.3) is 0 Å². The summed E-state index contributed by atoms with van der Waals surface area (Å²) in [6, 6.07) is 0. The molecule has 0 amide bonds. The van der Waals surface area contributed by atoms with Gasteiger partial charge in [0.1, 0.15) is 0 Å². The average molecular weight is 277 g/mol. The van der Waals surface area contributed by atoms with E-state index in [2.05, 4.69) is 6.92 Å². The molecular formula is C13H26OSe. The summed E-state index contributed by atoms with van der Waals surface area (Å²) in [6.45, 7) is 2.25. The molecule has 90 valence electrons. The van der Waals surface area contributed by atoms with Gasteiger partial charge in [-0.2, -0.15) is 0 Å². The van der Waals surface area contributed by atoms with Crippen molar-refractivity contribution < 1.29 is 3.83 Å². The second-order valence-electron chi connectivity index (χ2n) is 5.01. The molecule has 1 saturated carbocycles. The van der Waals surface area contributed by atoms with Crippen molar-refractivity contribution in [2.24, 2.45) is 0 Å². The van der Waals surface area contributed by atoms with Crippen molar-refractivity contribution in [2.75, 3.05) is 0 Å². The third-order valence-corrected chi connectivity index (χ3v) is 7.70. The molecule has 0 N–H and O–H groups in total. The van der Waals surface area contributed by atoms with Crippen LogP contribution in [0.5, 0.6) is 0 Å². The van der Waals surface area contributed by atoms with Crippen molar-refractivity contribution >= 4 is 13.8 Å². The Bertz CT molecular complexity index is 195. The van der Waals surface area contributed by atoms with E-state index >= 15 is 0 Å². The third-order valence-electron chi connectivity index (χ3n) is 3.86.